The van der Waals surface area contributed by atoms with Crippen molar-refractivity contribution in [3.8, 4) is 0 Å². The number of hydrogen-bond donors (Lipinski definition) is 6. The first-order valence-electron chi connectivity index (χ1n) is 19.0. The number of aromatic nitrogens is 2. The molecule has 22 heteroatoms. The maximum atomic E-state index is 12.2. The van der Waals surface area contributed by atoms with Crippen LogP contribution in [0.2, 0.25) is 0 Å². The molecule has 0 saturated heterocycles. The third kappa shape index (κ3) is 36.2. The number of anilines is 4. The predicted octanol–water partition coefficient (Wildman–Crippen LogP) is 8.29. The molecule has 0 bridgehead atoms. The van der Waals surface area contributed by atoms with Crippen LogP contribution in [0.3, 0.4) is 0 Å². The van der Waals surface area contributed by atoms with E-state index in [9.17, 15) is 55.7 Å². The van der Waals surface area contributed by atoms with Crippen molar-refractivity contribution in [1.82, 2.24) is 9.97 Å². The van der Waals surface area contributed by atoms with Crippen LogP contribution in [0.15, 0.2) is 97.5 Å². The minimum atomic E-state index is -4.00. The minimum absolute atomic E-state index is 0.126. The highest BCUT2D eigenvalue weighted by Gasteiger charge is 2.31. The normalized spacial score (nSPS) is 11.9. The second kappa shape index (κ2) is 30.2. The number of carbonyl (C=O) groups is 4. The van der Waals surface area contributed by atoms with Crippen molar-refractivity contribution in [1.29, 1.82) is 0 Å². The zero-order valence-electron chi connectivity index (χ0n) is 37.0. The lowest BCUT2D eigenvalue weighted by atomic mass is 9.95. The Bertz CT molecular complexity index is 1910. The van der Waals surface area contributed by atoms with E-state index in [1.165, 1.54) is 34.7 Å². The number of pyridine rings is 2. The number of aryl methyl sites for hydroxylation is 2. The summed E-state index contributed by atoms with van der Waals surface area (Å²) >= 11 is 0. The molecule has 6 N–H and O–H groups in total. The zero-order valence-corrected chi connectivity index (χ0v) is 37.0. The average molecular weight is 925 g/mol. The number of hydrogen-bond acceptors (Lipinski definition) is 10. The Labute approximate surface area is 372 Å². The van der Waals surface area contributed by atoms with Crippen molar-refractivity contribution >= 4 is 46.5 Å². The summed E-state index contributed by atoms with van der Waals surface area (Å²) in [4.78, 5) is 65.3. The van der Waals surface area contributed by atoms with Crippen LogP contribution in [0.1, 0.15) is 65.5 Å². The Hall–Kier alpha value is -6.99. The highest BCUT2D eigenvalue weighted by atomic mass is 19.4. The summed E-state index contributed by atoms with van der Waals surface area (Å²) in [5, 5.41) is 40.2. The SMILES string of the molecule is CC(=O)Nc1ccc(CC[C@](C)(O)C(=O)Nc2ccccn2)cc1.CC(=O)Nc1ccc(CC[C@](C)(O)C(=O)Nc2ccncc2)cc1.CC(F)(F)F.CC(F)(F)F.C[N+](=O)[O-].[C-]#[N+]C. The van der Waals surface area contributed by atoms with Crippen LogP contribution >= 0.6 is 0 Å². The van der Waals surface area contributed by atoms with Crippen LogP contribution in [-0.2, 0) is 32.0 Å². The lowest BCUT2D eigenvalue weighted by Gasteiger charge is -2.22. The number of halogens is 6. The Balaban J connectivity index is 0. The summed E-state index contributed by atoms with van der Waals surface area (Å²) in [7, 11) is 2.31. The molecule has 2 atom stereocenters. The van der Waals surface area contributed by atoms with E-state index in [4.69, 9.17) is 16.7 Å². The van der Waals surface area contributed by atoms with Gasteiger partial charge in [0.25, 0.3) is 11.8 Å². The molecule has 16 nitrogen and oxygen atoms in total. The number of aliphatic hydroxyl groups is 2. The van der Waals surface area contributed by atoms with Gasteiger partial charge >= 0.3 is 12.4 Å². The fraction of sp³-hybridized carbons (Fsp3) is 0.372. The molecule has 0 aliphatic rings. The van der Waals surface area contributed by atoms with Crippen LogP contribution < -0.4 is 21.3 Å². The molecule has 2 aromatic carbocycles. The molecule has 0 aliphatic carbocycles. The van der Waals surface area contributed by atoms with Crippen LogP contribution in [0, 0.1) is 16.7 Å². The summed E-state index contributed by atoms with van der Waals surface area (Å²) in [6.45, 7) is 12.1. The van der Waals surface area contributed by atoms with Crippen molar-refractivity contribution in [2.24, 2.45) is 0 Å². The predicted molar refractivity (Wildman–Crippen MR) is 234 cm³/mol. The van der Waals surface area contributed by atoms with Crippen LogP contribution in [0.25, 0.3) is 4.85 Å². The highest BCUT2D eigenvalue weighted by molar-refractivity contribution is 5.97. The van der Waals surface area contributed by atoms with Gasteiger partial charge in [-0.05, 0) is 99.2 Å². The molecule has 0 unspecified atom stereocenters. The van der Waals surface area contributed by atoms with Crippen molar-refractivity contribution in [3.63, 3.8) is 0 Å². The number of nitrogens with one attached hydrogen (secondary N) is 4. The maximum Gasteiger partial charge on any atom is 0.386 e. The smallest absolute Gasteiger partial charge is 0.380 e. The van der Waals surface area contributed by atoms with Gasteiger partial charge in [0.1, 0.15) is 17.0 Å². The summed E-state index contributed by atoms with van der Waals surface area (Å²) in [6.07, 6.45) is -1.67. The van der Waals surface area contributed by atoms with E-state index < -0.39 is 40.3 Å². The molecule has 0 fully saturated rings. The van der Waals surface area contributed by atoms with Crippen LogP contribution in [-0.4, -0.2) is 86.4 Å². The molecular weight excluding hydrogens is 871 g/mol. The van der Waals surface area contributed by atoms with Crippen molar-refractivity contribution in [2.75, 3.05) is 35.4 Å². The largest absolute Gasteiger partial charge is 0.386 e. The van der Waals surface area contributed by atoms with E-state index in [-0.39, 0.29) is 38.5 Å². The Morgan fingerprint density at radius 1 is 0.646 bits per heavy atom. The molecule has 2 aromatic heterocycles. The number of rotatable bonds is 12. The quantitative estimate of drug-likeness (QED) is 0.0345. The minimum Gasteiger partial charge on any atom is -0.380 e. The number of nitro groups is 1. The molecule has 65 heavy (non-hydrogen) atoms. The van der Waals surface area contributed by atoms with Crippen molar-refractivity contribution in [3.05, 3.63) is 130 Å². The fourth-order valence-electron chi connectivity index (χ4n) is 4.31. The third-order valence-electron chi connectivity index (χ3n) is 7.17. The number of alkyl halides is 6. The molecule has 0 aliphatic heterocycles. The first-order valence-corrected chi connectivity index (χ1v) is 19.0. The molecule has 4 aromatic rings. The lowest BCUT2D eigenvalue weighted by Crippen LogP contribution is -2.40. The van der Waals surface area contributed by atoms with Crippen molar-refractivity contribution in [2.45, 2.75) is 90.8 Å². The molecule has 4 rings (SSSR count). The standard InChI is InChI=1S/2C18H21N3O3.2C2H3F3.C2H3N.CH3NO2/c1-13(22)20-15-5-3-14(4-6-15)7-10-18(2,24)17(23)21-16-8-11-19-12-9-16;1-13(22)20-15-8-6-14(7-9-15)10-11-18(2,24)17(23)21-16-5-3-4-12-19-16;2*1-2(3,4)5;1-3-2;1-2(3)4/h3-6,8-9,11-12,24H,7,10H2,1-2H3,(H,20,22)(H,19,21,23);3-9,12,24H,10-11H2,1-2H3,(H,20,22)(H,19,21,23);2*1H3;1H3;1H3/t2*18-;;;;/m00..../s1. The van der Waals surface area contributed by atoms with E-state index in [0.29, 0.717) is 35.7 Å². The van der Waals surface area contributed by atoms with Gasteiger partial charge in [-0.2, -0.15) is 26.3 Å². The van der Waals surface area contributed by atoms with Gasteiger partial charge in [-0.25, -0.2) is 11.6 Å². The Morgan fingerprint density at radius 2 is 0.969 bits per heavy atom. The van der Waals surface area contributed by atoms with Crippen molar-refractivity contribution < 1.29 is 60.7 Å². The van der Waals surface area contributed by atoms with Crippen LogP contribution in [0.4, 0.5) is 49.2 Å². The molecule has 356 valence electrons. The second-order valence-corrected chi connectivity index (χ2v) is 13.9. The summed E-state index contributed by atoms with van der Waals surface area (Å²) in [5.74, 6) is -0.794. The Kier molecular flexibility index (Phi) is 27.9. The van der Waals surface area contributed by atoms with Gasteiger partial charge in [0.05, 0.1) is 0 Å². The van der Waals surface area contributed by atoms with E-state index in [2.05, 4.69) is 36.1 Å². The molecule has 2 heterocycles. The second-order valence-electron chi connectivity index (χ2n) is 13.9. The number of benzene rings is 2. The highest BCUT2D eigenvalue weighted by Crippen LogP contribution is 2.20. The Morgan fingerprint density at radius 3 is 1.28 bits per heavy atom. The number of amides is 4. The van der Waals surface area contributed by atoms with Gasteiger partial charge < -0.3 is 36.3 Å². The van der Waals surface area contributed by atoms with E-state index in [1.54, 1.807) is 73.2 Å². The average Bonchev–Trinajstić information content (AvgIpc) is 3.17. The van der Waals surface area contributed by atoms with Gasteiger partial charge in [-0.15, -0.1) is 0 Å². The van der Waals surface area contributed by atoms with Gasteiger partial charge in [-0.3, -0.25) is 34.3 Å². The number of carbonyl (C=O) groups excluding carboxylic acids is 4. The topological polar surface area (TPSA) is 230 Å². The van der Waals surface area contributed by atoms with E-state index >= 15 is 0 Å². The van der Waals surface area contributed by atoms with Gasteiger partial charge in [0.2, 0.25) is 18.9 Å². The first-order chi connectivity index (χ1) is 29.9. The molecule has 0 saturated carbocycles. The van der Waals surface area contributed by atoms with Gasteiger partial charge in [0.15, 0.2) is 7.05 Å². The zero-order chi connectivity index (χ0) is 50.4. The molecular formula is C43H54F6N8O8. The van der Waals surface area contributed by atoms with E-state index in [1.807, 2.05) is 24.3 Å². The monoisotopic (exact) mass is 924 g/mol. The van der Waals surface area contributed by atoms with Gasteiger partial charge in [-0.1, -0.05) is 30.3 Å². The molecule has 0 spiro atoms. The number of nitrogens with zero attached hydrogens (tertiary/aromatic N) is 4. The summed E-state index contributed by atoms with van der Waals surface area (Å²) in [6, 6.07) is 23.1. The molecule has 4 amide bonds. The van der Waals surface area contributed by atoms with E-state index in [0.717, 1.165) is 18.2 Å². The first kappa shape index (κ1) is 60.1. The van der Waals surface area contributed by atoms with Gasteiger partial charge in [0, 0.05) is 68.3 Å². The lowest BCUT2D eigenvalue weighted by molar-refractivity contribution is -0.445. The third-order valence-corrected chi connectivity index (χ3v) is 7.17. The van der Waals surface area contributed by atoms with Crippen LogP contribution in [0.5, 0.6) is 0 Å². The molecule has 0 radical (unpaired) electrons. The fourth-order valence-corrected chi connectivity index (χ4v) is 4.31. The maximum absolute atomic E-state index is 12.2. The summed E-state index contributed by atoms with van der Waals surface area (Å²) in [5.41, 5.74) is 0.971. The summed E-state index contributed by atoms with van der Waals surface area (Å²) < 4.78 is 62.1.